The third-order valence-electron chi connectivity index (χ3n) is 3.88. The van der Waals surface area contributed by atoms with E-state index in [4.69, 9.17) is 0 Å². The van der Waals surface area contributed by atoms with Gasteiger partial charge in [0.2, 0.25) is 0 Å². The monoisotopic (exact) mass is 282 g/mol. The van der Waals surface area contributed by atoms with Gasteiger partial charge in [-0.3, -0.25) is 4.98 Å². The Hall–Kier alpha value is -1.67. The van der Waals surface area contributed by atoms with Gasteiger partial charge in [0.1, 0.15) is 0 Å². The highest BCUT2D eigenvalue weighted by Gasteiger charge is 2.22. The Morgan fingerprint density at radius 2 is 1.81 bits per heavy atom. The fourth-order valence-electron chi connectivity index (χ4n) is 2.68. The van der Waals surface area contributed by atoms with Crippen LogP contribution in [0.5, 0.6) is 0 Å². The molecule has 1 atom stereocenters. The second kappa shape index (κ2) is 6.40. The molecule has 1 aromatic heterocycles. The Kier molecular flexibility index (Phi) is 4.79. The molecule has 2 rings (SSSR count). The minimum Gasteiger partial charge on any atom is -0.313 e. The first-order valence-corrected chi connectivity index (χ1v) is 7.60. The van der Waals surface area contributed by atoms with Gasteiger partial charge >= 0.3 is 0 Å². The number of benzene rings is 1. The van der Waals surface area contributed by atoms with E-state index in [0.29, 0.717) is 0 Å². The summed E-state index contributed by atoms with van der Waals surface area (Å²) >= 11 is 0. The lowest BCUT2D eigenvalue weighted by molar-refractivity contribution is 0.535. The zero-order valence-electron chi connectivity index (χ0n) is 13.8. The van der Waals surface area contributed by atoms with Gasteiger partial charge in [0.25, 0.3) is 0 Å². The van der Waals surface area contributed by atoms with Crippen LogP contribution < -0.4 is 5.32 Å². The number of aryl methyl sites for hydroxylation is 1. The van der Waals surface area contributed by atoms with Crippen LogP contribution in [0.3, 0.4) is 0 Å². The van der Waals surface area contributed by atoms with Crippen LogP contribution in [0.25, 0.3) is 0 Å². The average molecular weight is 282 g/mol. The van der Waals surface area contributed by atoms with Gasteiger partial charge in [-0.1, -0.05) is 51.1 Å². The van der Waals surface area contributed by atoms with Crippen LogP contribution in [0.4, 0.5) is 0 Å². The molecule has 112 valence electrons. The minimum absolute atomic E-state index is 0.145. The maximum Gasteiger partial charge on any atom is 0.0422 e. The number of rotatable bonds is 4. The summed E-state index contributed by atoms with van der Waals surface area (Å²) in [6.45, 7) is 8.87. The second-order valence-corrected chi connectivity index (χ2v) is 6.71. The lowest BCUT2D eigenvalue weighted by Gasteiger charge is -2.27. The molecule has 2 nitrogen and oxygen atoms in total. The van der Waals surface area contributed by atoms with Gasteiger partial charge in [0, 0.05) is 24.4 Å². The average Bonchev–Trinajstić information content (AvgIpc) is 2.46. The minimum atomic E-state index is 0.145. The first kappa shape index (κ1) is 15.7. The molecule has 0 aliphatic heterocycles. The summed E-state index contributed by atoms with van der Waals surface area (Å²) in [5, 5.41) is 3.45. The lowest BCUT2D eigenvalue weighted by atomic mass is 9.81. The van der Waals surface area contributed by atoms with Crippen molar-refractivity contribution in [2.24, 2.45) is 0 Å². The fraction of sp³-hybridized carbons (Fsp3) is 0.421. The van der Waals surface area contributed by atoms with Gasteiger partial charge in [-0.15, -0.1) is 0 Å². The topological polar surface area (TPSA) is 24.9 Å². The summed E-state index contributed by atoms with van der Waals surface area (Å²) in [5.74, 6) is 0. The fourth-order valence-corrected chi connectivity index (χ4v) is 2.68. The number of hydrogen-bond acceptors (Lipinski definition) is 2. The highest BCUT2D eigenvalue weighted by Crippen LogP contribution is 2.30. The van der Waals surface area contributed by atoms with E-state index in [1.54, 1.807) is 0 Å². The Labute approximate surface area is 128 Å². The van der Waals surface area contributed by atoms with Crippen LogP contribution in [0.1, 0.15) is 49.2 Å². The van der Waals surface area contributed by atoms with E-state index in [1.807, 2.05) is 13.2 Å². The molecule has 1 N–H and O–H groups in total. The summed E-state index contributed by atoms with van der Waals surface area (Å²) in [6.07, 6.45) is 2.85. The molecule has 1 aromatic carbocycles. The predicted octanol–water partition coefficient (Wildman–Crippen LogP) is 4.19. The molecule has 0 aliphatic carbocycles. The van der Waals surface area contributed by atoms with Gasteiger partial charge in [-0.25, -0.2) is 0 Å². The second-order valence-electron chi connectivity index (χ2n) is 6.71. The van der Waals surface area contributed by atoms with E-state index >= 15 is 0 Å². The molecule has 0 aliphatic rings. The smallest absolute Gasteiger partial charge is 0.0422 e. The highest BCUT2D eigenvalue weighted by atomic mass is 14.9. The van der Waals surface area contributed by atoms with Crippen LogP contribution in [-0.4, -0.2) is 12.0 Å². The summed E-state index contributed by atoms with van der Waals surface area (Å²) in [5.41, 5.74) is 5.25. The molecule has 1 unspecified atom stereocenters. The molecule has 0 fully saturated rings. The molecule has 21 heavy (non-hydrogen) atoms. The maximum atomic E-state index is 4.54. The van der Waals surface area contributed by atoms with Crippen molar-refractivity contribution in [1.82, 2.24) is 10.3 Å². The third kappa shape index (κ3) is 3.92. The van der Waals surface area contributed by atoms with Crippen molar-refractivity contribution in [3.8, 4) is 0 Å². The molecular weight excluding hydrogens is 256 g/mol. The van der Waals surface area contributed by atoms with Crippen molar-refractivity contribution in [2.45, 2.75) is 45.6 Å². The van der Waals surface area contributed by atoms with E-state index < -0.39 is 0 Å². The summed E-state index contributed by atoms with van der Waals surface area (Å²) in [7, 11) is 2.03. The normalized spacial score (nSPS) is 13.2. The van der Waals surface area contributed by atoms with Crippen LogP contribution in [0, 0.1) is 6.92 Å². The van der Waals surface area contributed by atoms with E-state index in [2.05, 4.69) is 74.4 Å². The zero-order valence-corrected chi connectivity index (χ0v) is 13.8. The quantitative estimate of drug-likeness (QED) is 0.909. The highest BCUT2D eigenvalue weighted by molar-refractivity contribution is 5.36. The SMILES string of the molecule is CNC(Cc1ccc(C)cn1)c1ccccc1C(C)(C)C. The summed E-state index contributed by atoms with van der Waals surface area (Å²) in [6, 6.07) is 13.3. The number of nitrogens with zero attached hydrogens (tertiary/aromatic N) is 1. The van der Waals surface area contributed by atoms with Crippen molar-refractivity contribution in [3.05, 3.63) is 65.0 Å². The number of pyridine rings is 1. The first-order valence-electron chi connectivity index (χ1n) is 7.60. The number of hydrogen-bond donors (Lipinski definition) is 1. The van der Waals surface area contributed by atoms with Gasteiger partial charge in [0.15, 0.2) is 0 Å². The molecule has 0 radical (unpaired) electrons. The number of likely N-dealkylation sites (N-methyl/N-ethyl adjacent to an activating group) is 1. The number of aromatic nitrogens is 1. The molecule has 0 amide bonds. The van der Waals surface area contributed by atoms with E-state index in [9.17, 15) is 0 Å². The molecule has 0 saturated carbocycles. The van der Waals surface area contributed by atoms with Crippen LogP contribution >= 0.6 is 0 Å². The third-order valence-corrected chi connectivity index (χ3v) is 3.88. The Morgan fingerprint density at radius 3 is 2.38 bits per heavy atom. The van der Waals surface area contributed by atoms with E-state index in [1.165, 1.54) is 16.7 Å². The largest absolute Gasteiger partial charge is 0.313 e. The molecule has 0 spiro atoms. The maximum absolute atomic E-state index is 4.54. The first-order chi connectivity index (χ1) is 9.91. The van der Waals surface area contributed by atoms with Crippen molar-refractivity contribution in [2.75, 3.05) is 7.05 Å². The van der Waals surface area contributed by atoms with Gasteiger partial charge < -0.3 is 5.32 Å². The Morgan fingerprint density at radius 1 is 1.10 bits per heavy atom. The predicted molar refractivity (Wildman–Crippen MR) is 89.6 cm³/mol. The number of nitrogens with one attached hydrogen (secondary N) is 1. The van der Waals surface area contributed by atoms with Crippen LogP contribution in [-0.2, 0) is 11.8 Å². The van der Waals surface area contributed by atoms with Crippen molar-refractivity contribution in [3.63, 3.8) is 0 Å². The molecule has 2 aromatic rings. The van der Waals surface area contributed by atoms with Crippen molar-refractivity contribution in [1.29, 1.82) is 0 Å². The van der Waals surface area contributed by atoms with Crippen molar-refractivity contribution >= 4 is 0 Å². The van der Waals surface area contributed by atoms with Crippen LogP contribution in [0.15, 0.2) is 42.6 Å². The zero-order chi connectivity index (χ0) is 15.5. The molecule has 1 heterocycles. The Bertz CT molecular complexity index is 579. The Balaban J connectivity index is 2.32. The van der Waals surface area contributed by atoms with E-state index in [0.717, 1.165) is 12.1 Å². The molecule has 2 heteroatoms. The summed E-state index contributed by atoms with van der Waals surface area (Å²) in [4.78, 5) is 4.54. The van der Waals surface area contributed by atoms with Gasteiger partial charge in [-0.05, 0) is 42.1 Å². The van der Waals surface area contributed by atoms with Gasteiger partial charge in [-0.2, -0.15) is 0 Å². The standard InChI is InChI=1S/C19H26N2/c1-14-10-11-15(21-13-14)12-18(20-5)16-8-6-7-9-17(16)19(2,3)4/h6-11,13,18,20H,12H2,1-5H3. The van der Waals surface area contributed by atoms with Crippen molar-refractivity contribution < 1.29 is 0 Å². The molecular formula is C19H26N2. The molecule has 0 saturated heterocycles. The van der Waals surface area contributed by atoms with Gasteiger partial charge in [0.05, 0.1) is 0 Å². The van der Waals surface area contributed by atoms with E-state index in [-0.39, 0.29) is 11.5 Å². The lowest BCUT2D eigenvalue weighted by Crippen LogP contribution is -2.24. The van der Waals surface area contributed by atoms with Crippen LogP contribution in [0.2, 0.25) is 0 Å². The molecule has 0 bridgehead atoms. The summed E-state index contributed by atoms with van der Waals surface area (Å²) < 4.78 is 0.